The quantitative estimate of drug-likeness (QED) is 0.605. The van der Waals surface area contributed by atoms with Crippen molar-refractivity contribution in [3.8, 4) is 0 Å². The number of rotatable bonds is 2. The van der Waals surface area contributed by atoms with Gasteiger partial charge in [-0.1, -0.05) is 29.3 Å². The number of non-ortho nitro benzene ring substituents is 1. The first kappa shape index (κ1) is 16.4. The number of nitro groups is 1. The number of halogens is 1. The molecular weight excluding hydrogens is 362 g/mol. The van der Waals surface area contributed by atoms with Crippen molar-refractivity contribution < 1.29 is 14.8 Å². The Morgan fingerprint density at radius 3 is 2.70 bits per heavy atom. The standard InChI is InChI=1S/C17H20BrNO4/c1-16-6-3-7-17(2,15(20)21)14(16)5-4-11-12(16)8-10(19(22)23)9-13(11)18/h8-9,14H,3-7H2,1-2H3,(H,20,21). The molecule has 2 aliphatic carbocycles. The number of nitro benzene ring substituents is 1. The van der Waals surface area contributed by atoms with E-state index in [2.05, 4.69) is 22.9 Å². The Labute approximate surface area is 143 Å². The zero-order valence-corrected chi connectivity index (χ0v) is 14.9. The highest BCUT2D eigenvalue weighted by Crippen LogP contribution is 2.58. The summed E-state index contributed by atoms with van der Waals surface area (Å²) < 4.78 is 0.768. The van der Waals surface area contributed by atoms with E-state index in [9.17, 15) is 20.0 Å². The minimum Gasteiger partial charge on any atom is -0.481 e. The Morgan fingerprint density at radius 1 is 1.39 bits per heavy atom. The monoisotopic (exact) mass is 381 g/mol. The highest BCUT2D eigenvalue weighted by atomic mass is 79.9. The minimum absolute atomic E-state index is 0.00246. The second kappa shape index (κ2) is 5.30. The van der Waals surface area contributed by atoms with Crippen LogP contribution in [-0.4, -0.2) is 16.0 Å². The summed E-state index contributed by atoms with van der Waals surface area (Å²) in [6.07, 6.45) is 3.95. The highest BCUT2D eigenvalue weighted by molar-refractivity contribution is 9.10. The number of hydrogen-bond donors (Lipinski definition) is 1. The molecule has 0 radical (unpaired) electrons. The summed E-state index contributed by atoms with van der Waals surface area (Å²) in [4.78, 5) is 22.8. The largest absolute Gasteiger partial charge is 0.481 e. The van der Waals surface area contributed by atoms with E-state index in [0.717, 1.165) is 41.3 Å². The second-order valence-electron chi connectivity index (χ2n) is 7.30. The summed E-state index contributed by atoms with van der Waals surface area (Å²) in [5.41, 5.74) is 1.04. The van der Waals surface area contributed by atoms with Crippen LogP contribution in [0.2, 0.25) is 0 Å². The van der Waals surface area contributed by atoms with Crippen LogP contribution in [0.3, 0.4) is 0 Å². The molecule has 0 aromatic heterocycles. The molecule has 5 nitrogen and oxygen atoms in total. The average Bonchev–Trinajstić information content (AvgIpc) is 2.47. The van der Waals surface area contributed by atoms with Gasteiger partial charge in [-0.3, -0.25) is 14.9 Å². The van der Waals surface area contributed by atoms with E-state index >= 15 is 0 Å². The third-order valence-electron chi connectivity index (χ3n) is 6.11. The first-order valence-corrected chi connectivity index (χ1v) is 8.70. The predicted octanol–water partition coefficient (Wildman–Crippen LogP) is 4.45. The van der Waals surface area contributed by atoms with Crippen molar-refractivity contribution in [3.63, 3.8) is 0 Å². The van der Waals surface area contributed by atoms with E-state index in [-0.39, 0.29) is 21.9 Å². The highest BCUT2D eigenvalue weighted by Gasteiger charge is 2.55. The molecule has 124 valence electrons. The molecule has 23 heavy (non-hydrogen) atoms. The van der Waals surface area contributed by atoms with Crippen molar-refractivity contribution in [2.75, 3.05) is 0 Å². The van der Waals surface area contributed by atoms with Gasteiger partial charge in [0.15, 0.2) is 0 Å². The molecule has 0 bridgehead atoms. The maximum atomic E-state index is 11.9. The molecular formula is C17H20BrNO4. The molecule has 0 amide bonds. The Bertz CT molecular complexity index is 704. The summed E-state index contributed by atoms with van der Waals surface area (Å²) in [5.74, 6) is -0.746. The molecule has 3 unspecified atom stereocenters. The molecule has 2 aliphatic rings. The van der Waals surface area contributed by atoms with Crippen LogP contribution >= 0.6 is 15.9 Å². The van der Waals surface area contributed by atoms with Gasteiger partial charge in [0.25, 0.3) is 5.69 Å². The first-order chi connectivity index (χ1) is 10.7. The van der Waals surface area contributed by atoms with E-state index in [4.69, 9.17) is 0 Å². The van der Waals surface area contributed by atoms with E-state index < -0.39 is 11.4 Å². The topological polar surface area (TPSA) is 80.4 Å². The summed E-state index contributed by atoms with van der Waals surface area (Å²) in [6, 6.07) is 3.22. The van der Waals surface area contributed by atoms with Crippen LogP contribution in [0.15, 0.2) is 16.6 Å². The average molecular weight is 382 g/mol. The van der Waals surface area contributed by atoms with Gasteiger partial charge in [-0.15, -0.1) is 0 Å². The summed E-state index contributed by atoms with van der Waals surface area (Å²) in [5, 5.41) is 21.0. The number of carbonyl (C=O) groups is 1. The van der Waals surface area contributed by atoms with Gasteiger partial charge in [0, 0.05) is 16.6 Å². The van der Waals surface area contributed by atoms with Gasteiger partial charge in [0.05, 0.1) is 10.3 Å². The number of hydrogen-bond acceptors (Lipinski definition) is 3. The van der Waals surface area contributed by atoms with Gasteiger partial charge < -0.3 is 5.11 Å². The first-order valence-electron chi connectivity index (χ1n) is 7.91. The van der Waals surface area contributed by atoms with Crippen molar-refractivity contribution in [3.05, 3.63) is 37.8 Å². The molecule has 0 aliphatic heterocycles. The van der Waals surface area contributed by atoms with Gasteiger partial charge in [-0.05, 0) is 55.1 Å². The Morgan fingerprint density at radius 2 is 2.09 bits per heavy atom. The van der Waals surface area contributed by atoms with Crippen molar-refractivity contribution in [2.45, 2.75) is 51.4 Å². The number of benzene rings is 1. The van der Waals surface area contributed by atoms with Gasteiger partial charge in [-0.2, -0.15) is 0 Å². The van der Waals surface area contributed by atoms with E-state index in [1.54, 1.807) is 12.1 Å². The van der Waals surface area contributed by atoms with Crippen molar-refractivity contribution in [1.82, 2.24) is 0 Å². The van der Waals surface area contributed by atoms with E-state index in [1.807, 2.05) is 6.92 Å². The summed E-state index contributed by atoms with van der Waals surface area (Å²) in [7, 11) is 0. The molecule has 3 atom stereocenters. The van der Waals surface area contributed by atoms with Crippen LogP contribution in [0.1, 0.15) is 50.7 Å². The SMILES string of the molecule is CC1(C(=O)O)CCCC2(C)c3cc([N+](=O)[O-])cc(Br)c3CCC12. The maximum absolute atomic E-state index is 11.9. The molecule has 0 spiro atoms. The summed E-state index contributed by atoms with van der Waals surface area (Å²) >= 11 is 3.48. The second-order valence-corrected chi connectivity index (χ2v) is 8.15. The van der Waals surface area contributed by atoms with Crippen LogP contribution in [0, 0.1) is 21.4 Å². The molecule has 0 heterocycles. The molecule has 1 N–H and O–H groups in total. The fraction of sp³-hybridized carbons (Fsp3) is 0.588. The third kappa shape index (κ3) is 2.30. The Balaban J connectivity index is 2.19. The van der Waals surface area contributed by atoms with Crippen LogP contribution in [-0.2, 0) is 16.6 Å². The number of carboxylic acid groups (broad SMARTS) is 1. The summed E-state index contributed by atoms with van der Waals surface area (Å²) in [6.45, 7) is 3.93. The number of nitrogens with zero attached hydrogens (tertiary/aromatic N) is 1. The van der Waals surface area contributed by atoms with Crippen LogP contribution < -0.4 is 0 Å². The fourth-order valence-electron chi connectivity index (χ4n) is 4.87. The minimum atomic E-state index is -0.762. The lowest BCUT2D eigenvalue weighted by Crippen LogP contribution is -2.52. The van der Waals surface area contributed by atoms with Crippen molar-refractivity contribution in [2.24, 2.45) is 11.3 Å². The predicted molar refractivity (Wildman–Crippen MR) is 89.6 cm³/mol. The van der Waals surface area contributed by atoms with Gasteiger partial charge >= 0.3 is 5.97 Å². The van der Waals surface area contributed by atoms with Gasteiger partial charge in [-0.25, -0.2) is 0 Å². The normalized spacial score (nSPS) is 32.7. The van der Waals surface area contributed by atoms with E-state index in [0.29, 0.717) is 6.42 Å². The Kier molecular flexibility index (Phi) is 3.78. The van der Waals surface area contributed by atoms with Gasteiger partial charge in [0.2, 0.25) is 0 Å². The fourth-order valence-corrected chi connectivity index (χ4v) is 5.52. The van der Waals surface area contributed by atoms with Crippen molar-refractivity contribution >= 4 is 27.6 Å². The molecule has 0 saturated heterocycles. The lowest BCUT2D eigenvalue weighted by atomic mass is 9.50. The number of carboxylic acids is 1. The Hall–Kier alpha value is -1.43. The van der Waals surface area contributed by atoms with Crippen molar-refractivity contribution in [1.29, 1.82) is 0 Å². The number of aliphatic carboxylic acids is 1. The van der Waals surface area contributed by atoms with Gasteiger partial charge in [0.1, 0.15) is 0 Å². The molecule has 1 aromatic carbocycles. The molecule has 1 aromatic rings. The third-order valence-corrected chi connectivity index (χ3v) is 6.82. The lowest BCUT2D eigenvalue weighted by molar-refractivity contribution is -0.385. The smallest absolute Gasteiger partial charge is 0.309 e. The van der Waals surface area contributed by atoms with Crippen LogP contribution in [0.5, 0.6) is 0 Å². The zero-order chi connectivity index (χ0) is 17.0. The van der Waals surface area contributed by atoms with Crippen LogP contribution in [0.25, 0.3) is 0 Å². The molecule has 6 heteroatoms. The lowest BCUT2D eigenvalue weighted by Gasteiger charge is -2.53. The number of fused-ring (bicyclic) bond motifs is 3. The van der Waals surface area contributed by atoms with E-state index in [1.165, 1.54) is 0 Å². The maximum Gasteiger partial charge on any atom is 0.309 e. The molecule has 3 rings (SSSR count). The zero-order valence-electron chi connectivity index (χ0n) is 13.3. The molecule has 1 saturated carbocycles. The van der Waals surface area contributed by atoms with Crippen LogP contribution in [0.4, 0.5) is 5.69 Å². The molecule has 1 fully saturated rings.